The Morgan fingerprint density at radius 1 is 1.00 bits per heavy atom. The molecule has 1 aliphatic heterocycles. The molecule has 0 spiro atoms. The SMILES string of the molecule is Cc1c(C(=O)Nc2ccc3c(c2)CN(C(=O)c2ccccc2)CC3)cccc1[N+](=O)[O-]. The van der Waals surface area contributed by atoms with Gasteiger partial charge in [-0.3, -0.25) is 19.7 Å². The molecule has 3 aromatic rings. The van der Waals surface area contributed by atoms with Crippen LogP contribution in [0.25, 0.3) is 0 Å². The van der Waals surface area contributed by atoms with Gasteiger partial charge in [0.25, 0.3) is 17.5 Å². The van der Waals surface area contributed by atoms with Crippen LogP contribution in [0.3, 0.4) is 0 Å². The molecule has 156 valence electrons. The third kappa shape index (κ3) is 4.16. The van der Waals surface area contributed by atoms with Gasteiger partial charge in [-0.05, 0) is 54.8 Å². The van der Waals surface area contributed by atoms with Crippen LogP contribution in [-0.4, -0.2) is 28.2 Å². The third-order valence-corrected chi connectivity index (χ3v) is 5.53. The fourth-order valence-electron chi connectivity index (χ4n) is 3.84. The highest BCUT2D eigenvalue weighted by atomic mass is 16.6. The molecule has 7 nitrogen and oxygen atoms in total. The first-order chi connectivity index (χ1) is 14.9. The molecule has 1 N–H and O–H groups in total. The van der Waals surface area contributed by atoms with Crippen molar-refractivity contribution in [2.24, 2.45) is 0 Å². The van der Waals surface area contributed by atoms with Gasteiger partial charge < -0.3 is 10.2 Å². The molecule has 0 unspecified atom stereocenters. The van der Waals surface area contributed by atoms with Gasteiger partial charge in [-0.2, -0.15) is 0 Å². The molecule has 0 fully saturated rings. The van der Waals surface area contributed by atoms with Gasteiger partial charge in [-0.1, -0.05) is 30.3 Å². The van der Waals surface area contributed by atoms with Crippen molar-refractivity contribution in [2.75, 3.05) is 11.9 Å². The molecule has 3 aromatic carbocycles. The van der Waals surface area contributed by atoms with Crippen molar-refractivity contribution in [1.29, 1.82) is 0 Å². The molecule has 31 heavy (non-hydrogen) atoms. The second kappa shape index (κ2) is 8.39. The highest BCUT2D eigenvalue weighted by Crippen LogP contribution is 2.26. The van der Waals surface area contributed by atoms with Crippen LogP contribution in [-0.2, 0) is 13.0 Å². The van der Waals surface area contributed by atoms with Crippen molar-refractivity contribution >= 4 is 23.2 Å². The minimum absolute atomic E-state index is 0.0205. The second-order valence-electron chi connectivity index (χ2n) is 7.49. The Bertz CT molecular complexity index is 1170. The summed E-state index contributed by atoms with van der Waals surface area (Å²) < 4.78 is 0. The summed E-state index contributed by atoms with van der Waals surface area (Å²) in [5, 5.41) is 14.0. The molecular weight excluding hydrogens is 394 g/mol. The number of nitro benzene ring substituents is 1. The number of rotatable bonds is 4. The van der Waals surface area contributed by atoms with E-state index in [2.05, 4.69) is 5.32 Å². The predicted molar refractivity (Wildman–Crippen MR) is 117 cm³/mol. The number of amides is 2. The molecular formula is C24H21N3O4. The van der Waals surface area contributed by atoms with Crippen molar-refractivity contribution < 1.29 is 14.5 Å². The summed E-state index contributed by atoms with van der Waals surface area (Å²) in [6.07, 6.45) is 0.742. The van der Waals surface area contributed by atoms with Gasteiger partial charge in [-0.25, -0.2) is 0 Å². The average Bonchev–Trinajstić information content (AvgIpc) is 2.78. The van der Waals surface area contributed by atoms with E-state index in [0.717, 1.165) is 17.5 Å². The zero-order chi connectivity index (χ0) is 22.0. The van der Waals surface area contributed by atoms with Crippen molar-refractivity contribution in [3.05, 3.63) is 105 Å². The number of nitro groups is 1. The van der Waals surface area contributed by atoms with E-state index in [1.165, 1.54) is 12.1 Å². The lowest BCUT2D eigenvalue weighted by Crippen LogP contribution is -2.36. The maximum Gasteiger partial charge on any atom is 0.273 e. The summed E-state index contributed by atoms with van der Waals surface area (Å²) in [5.74, 6) is -0.429. The quantitative estimate of drug-likeness (QED) is 0.506. The van der Waals surface area contributed by atoms with Gasteiger partial charge >= 0.3 is 0 Å². The lowest BCUT2D eigenvalue weighted by atomic mass is 9.98. The van der Waals surface area contributed by atoms with Crippen LogP contribution >= 0.6 is 0 Å². The van der Waals surface area contributed by atoms with E-state index in [1.54, 1.807) is 30.0 Å². The molecule has 1 heterocycles. The number of nitrogens with one attached hydrogen (secondary N) is 1. The first-order valence-corrected chi connectivity index (χ1v) is 9.95. The molecule has 2 amide bonds. The number of benzene rings is 3. The van der Waals surface area contributed by atoms with Crippen LogP contribution in [0.5, 0.6) is 0 Å². The van der Waals surface area contributed by atoms with Gasteiger partial charge in [0.1, 0.15) is 0 Å². The van der Waals surface area contributed by atoms with E-state index in [0.29, 0.717) is 29.9 Å². The number of anilines is 1. The molecule has 0 saturated carbocycles. The van der Waals surface area contributed by atoms with Crippen LogP contribution in [0.2, 0.25) is 0 Å². The van der Waals surface area contributed by atoms with Gasteiger partial charge in [0.15, 0.2) is 0 Å². The highest BCUT2D eigenvalue weighted by molar-refractivity contribution is 6.06. The largest absolute Gasteiger partial charge is 0.334 e. The number of carbonyl (C=O) groups excluding carboxylic acids is 2. The Kier molecular flexibility index (Phi) is 5.49. The van der Waals surface area contributed by atoms with Gasteiger partial charge in [0, 0.05) is 41.5 Å². The van der Waals surface area contributed by atoms with Crippen molar-refractivity contribution in [2.45, 2.75) is 19.9 Å². The van der Waals surface area contributed by atoms with Crippen LogP contribution in [0, 0.1) is 17.0 Å². The topological polar surface area (TPSA) is 92.6 Å². The number of hydrogen-bond donors (Lipinski definition) is 1. The highest BCUT2D eigenvalue weighted by Gasteiger charge is 2.23. The molecule has 0 radical (unpaired) electrons. The smallest absolute Gasteiger partial charge is 0.273 e. The zero-order valence-corrected chi connectivity index (χ0v) is 17.0. The Labute approximate surface area is 179 Å². The maximum absolute atomic E-state index is 12.8. The van der Waals surface area contributed by atoms with Gasteiger partial charge in [-0.15, -0.1) is 0 Å². The van der Waals surface area contributed by atoms with Gasteiger partial charge in [0.2, 0.25) is 0 Å². The standard InChI is InChI=1S/C24H21N3O4/c1-16-21(8-5-9-22(16)27(30)31)23(28)25-20-11-10-17-12-13-26(15-19(17)14-20)24(29)18-6-3-2-4-7-18/h2-11,14H,12-13,15H2,1H3,(H,25,28). The fraction of sp³-hybridized carbons (Fsp3) is 0.167. The molecule has 0 atom stereocenters. The van der Waals surface area contributed by atoms with Gasteiger partial charge in [0.05, 0.1) is 4.92 Å². The Hall–Kier alpha value is -4.00. The summed E-state index contributed by atoms with van der Waals surface area (Å²) in [6, 6.07) is 19.2. The minimum Gasteiger partial charge on any atom is -0.334 e. The van der Waals surface area contributed by atoms with Crippen LogP contribution in [0.1, 0.15) is 37.4 Å². The molecule has 1 aliphatic rings. The normalized spacial score (nSPS) is 12.7. The monoisotopic (exact) mass is 415 g/mol. The van der Waals surface area contributed by atoms with Crippen LogP contribution in [0.4, 0.5) is 11.4 Å². The molecule has 7 heteroatoms. The van der Waals surface area contributed by atoms with Crippen molar-refractivity contribution in [3.63, 3.8) is 0 Å². The van der Waals surface area contributed by atoms with Crippen molar-refractivity contribution in [1.82, 2.24) is 4.90 Å². The summed E-state index contributed by atoms with van der Waals surface area (Å²) >= 11 is 0. The second-order valence-corrected chi connectivity index (χ2v) is 7.49. The summed E-state index contributed by atoms with van der Waals surface area (Å²) in [7, 11) is 0. The van der Waals surface area contributed by atoms with E-state index in [9.17, 15) is 19.7 Å². The minimum atomic E-state index is -0.497. The predicted octanol–water partition coefficient (Wildman–Crippen LogP) is 4.35. The van der Waals surface area contributed by atoms with Crippen LogP contribution in [0.15, 0.2) is 66.7 Å². The van der Waals surface area contributed by atoms with E-state index >= 15 is 0 Å². The molecule has 0 saturated heterocycles. The molecule has 4 rings (SSSR count). The molecule has 0 aliphatic carbocycles. The molecule has 0 bridgehead atoms. The Morgan fingerprint density at radius 2 is 1.77 bits per heavy atom. The Balaban J connectivity index is 1.53. The molecule has 0 aromatic heterocycles. The lowest BCUT2D eigenvalue weighted by Gasteiger charge is -2.29. The number of fused-ring (bicyclic) bond motifs is 1. The fourth-order valence-corrected chi connectivity index (χ4v) is 3.84. The number of nitrogens with zero attached hydrogens (tertiary/aromatic N) is 2. The van der Waals surface area contributed by atoms with Crippen LogP contribution < -0.4 is 5.32 Å². The first-order valence-electron chi connectivity index (χ1n) is 9.95. The first kappa shape index (κ1) is 20.3. The maximum atomic E-state index is 12.8. The summed E-state index contributed by atoms with van der Waals surface area (Å²) in [5.41, 5.74) is 3.84. The van der Waals surface area contributed by atoms with Crippen molar-refractivity contribution in [3.8, 4) is 0 Å². The lowest BCUT2D eigenvalue weighted by molar-refractivity contribution is -0.385. The van der Waals surface area contributed by atoms with E-state index in [4.69, 9.17) is 0 Å². The van der Waals surface area contributed by atoms with E-state index in [1.807, 2.05) is 36.4 Å². The third-order valence-electron chi connectivity index (χ3n) is 5.53. The average molecular weight is 415 g/mol. The summed E-state index contributed by atoms with van der Waals surface area (Å²) in [6.45, 7) is 2.66. The van der Waals surface area contributed by atoms with E-state index in [-0.39, 0.29) is 17.2 Å². The number of carbonyl (C=O) groups is 2. The summed E-state index contributed by atoms with van der Waals surface area (Å²) in [4.78, 5) is 38.0. The zero-order valence-electron chi connectivity index (χ0n) is 17.0. The Morgan fingerprint density at radius 3 is 2.52 bits per heavy atom. The number of hydrogen-bond acceptors (Lipinski definition) is 4. The van der Waals surface area contributed by atoms with E-state index < -0.39 is 10.8 Å².